The number of carboxylic acid groups (broad SMARTS) is 1. The smallest absolute Gasteiger partial charge is 0.330 e. The minimum absolute atomic E-state index is 0.717. The van der Waals surface area contributed by atoms with Gasteiger partial charge >= 0.3 is 5.97 Å². The van der Waals surface area contributed by atoms with Crippen molar-refractivity contribution >= 4 is 27.6 Å². The fraction of sp³-hybridized carbons (Fsp3) is 0.0714. The molecule has 0 saturated heterocycles. The molecule has 2 rings (SSSR count). The Morgan fingerprint density at radius 1 is 1.06 bits per heavy atom. The standard InChI is InChI=1S/C14H12BrNO2/c15-11-8-6-10(7-9-11)13(14(17)18)16-12-4-2-1-3-5-12/h1-9,13,16H,(H,17,18). The molecule has 2 aromatic carbocycles. The minimum Gasteiger partial charge on any atom is -0.479 e. The Kier molecular flexibility index (Phi) is 3.99. The predicted octanol–water partition coefficient (Wildman–Crippen LogP) is 3.69. The van der Waals surface area contributed by atoms with Gasteiger partial charge < -0.3 is 10.4 Å². The molecule has 4 heteroatoms. The van der Waals surface area contributed by atoms with Gasteiger partial charge in [-0.25, -0.2) is 4.79 Å². The molecule has 0 aromatic heterocycles. The summed E-state index contributed by atoms with van der Waals surface area (Å²) < 4.78 is 0.926. The predicted molar refractivity (Wildman–Crippen MR) is 74.6 cm³/mol. The molecule has 0 aliphatic rings. The van der Waals surface area contributed by atoms with E-state index in [9.17, 15) is 9.90 Å². The highest BCUT2D eigenvalue weighted by Crippen LogP contribution is 2.21. The molecule has 0 aliphatic heterocycles. The lowest BCUT2D eigenvalue weighted by Gasteiger charge is -2.16. The molecule has 0 amide bonds. The number of para-hydroxylation sites is 1. The minimum atomic E-state index is -0.902. The highest BCUT2D eigenvalue weighted by molar-refractivity contribution is 9.10. The summed E-state index contributed by atoms with van der Waals surface area (Å²) in [6.45, 7) is 0. The highest BCUT2D eigenvalue weighted by atomic mass is 79.9. The third-order valence-corrected chi connectivity index (χ3v) is 3.06. The Hall–Kier alpha value is -1.81. The fourth-order valence-corrected chi connectivity index (χ4v) is 1.91. The van der Waals surface area contributed by atoms with E-state index in [1.165, 1.54) is 0 Å². The molecule has 3 nitrogen and oxygen atoms in total. The molecule has 92 valence electrons. The van der Waals surface area contributed by atoms with Crippen molar-refractivity contribution in [2.24, 2.45) is 0 Å². The zero-order valence-corrected chi connectivity index (χ0v) is 11.1. The van der Waals surface area contributed by atoms with Crippen LogP contribution in [0.1, 0.15) is 11.6 Å². The van der Waals surface area contributed by atoms with E-state index in [2.05, 4.69) is 21.2 Å². The summed E-state index contributed by atoms with van der Waals surface area (Å²) in [5, 5.41) is 12.3. The summed E-state index contributed by atoms with van der Waals surface area (Å²) in [5.41, 5.74) is 1.50. The first kappa shape index (κ1) is 12.6. The molecule has 0 heterocycles. The van der Waals surface area contributed by atoms with Crippen molar-refractivity contribution in [1.82, 2.24) is 0 Å². The van der Waals surface area contributed by atoms with Crippen molar-refractivity contribution in [1.29, 1.82) is 0 Å². The Balaban J connectivity index is 2.24. The molecule has 0 fully saturated rings. The molecule has 0 aliphatic carbocycles. The second kappa shape index (κ2) is 5.69. The van der Waals surface area contributed by atoms with E-state index in [-0.39, 0.29) is 0 Å². The van der Waals surface area contributed by atoms with E-state index in [0.29, 0.717) is 0 Å². The van der Waals surface area contributed by atoms with Crippen LogP contribution in [0.5, 0.6) is 0 Å². The molecule has 1 atom stereocenters. The van der Waals surface area contributed by atoms with Gasteiger partial charge in [0.15, 0.2) is 6.04 Å². The summed E-state index contributed by atoms with van der Waals surface area (Å²) in [7, 11) is 0. The third-order valence-electron chi connectivity index (χ3n) is 2.54. The maximum Gasteiger partial charge on any atom is 0.330 e. The van der Waals surface area contributed by atoms with Crippen LogP contribution in [0.15, 0.2) is 59.1 Å². The van der Waals surface area contributed by atoms with Crippen molar-refractivity contribution in [3.05, 3.63) is 64.6 Å². The highest BCUT2D eigenvalue weighted by Gasteiger charge is 2.19. The monoisotopic (exact) mass is 305 g/mol. The number of carboxylic acids is 1. The van der Waals surface area contributed by atoms with Crippen LogP contribution in [-0.4, -0.2) is 11.1 Å². The molecule has 2 N–H and O–H groups in total. The SMILES string of the molecule is O=C(O)C(Nc1ccccc1)c1ccc(Br)cc1. The first-order valence-electron chi connectivity index (χ1n) is 5.46. The number of carbonyl (C=O) groups is 1. The van der Waals surface area contributed by atoms with E-state index in [4.69, 9.17) is 0 Å². The lowest BCUT2D eigenvalue weighted by Crippen LogP contribution is -2.20. The fourth-order valence-electron chi connectivity index (χ4n) is 1.64. The van der Waals surface area contributed by atoms with Crippen LogP contribution in [-0.2, 0) is 4.79 Å². The Morgan fingerprint density at radius 3 is 2.22 bits per heavy atom. The molecule has 2 aromatic rings. The van der Waals surface area contributed by atoms with Crippen molar-refractivity contribution in [3.63, 3.8) is 0 Å². The summed E-state index contributed by atoms with van der Waals surface area (Å²) in [6.07, 6.45) is 0. The zero-order chi connectivity index (χ0) is 13.0. The molecule has 0 saturated carbocycles. The summed E-state index contributed by atoms with van der Waals surface area (Å²) in [4.78, 5) is 11.3. The van der Waals surface area contributed by atoms with Gasteiger partial charge in [-0.3, -0.25) is 0 Å². The number of benzene rings is 2. The molecule has 0 bridgehead atoms. The van der Waals surface area contributed by atoms with Gasteiger partial charge in [0.05, 0.1) is 0 Å². The third kappa shape index (κ3) is 3.11. The zero-order valence-electron chi connectivity index (χ0n) is 9.51. The number of anilines is 1. The van der Waals surface area contributed by atoms with E-state index >= 15 is 0 Å². The average molecular weight is 306 g/mol. The normalized spacial score (nSPS) is 11.8. The molecule has 18 heavy (non-hydrogen) atoms. The summed E-state index contributed by atoms with van der Waals surface area (Å²) in [5.74, 6) is -0.902. The number of rotatable bonds is 4. The maximum atomic E-state index is 11.3. The average Bonchev–Trinajstić information content (AvgIpc) is 2.38. The lowest BCUT2D eigenvalue weighted by atomic mass is 10.1. The number of aliphatic carboxylic acids is 1. The van der Waals surface area contributed by atoms with E-state index in [1.54, 1.807) is 12.1 Å². The summed E-state index contributed by atoms with van der Waals surface area (Å²) >= 11 is 3.33. The van der Waals surface area contributed by atoms with Crippen LogP contribution < -0.4 is 5.32 Å². The molecular weight excluding hydrogens is 294 g/mol. The first-order chi connectivity index (χ1) is 8.66. The van der Waals surface area contributed by atoms with Gasteiger partial charge in [-0.05, 0) is 29.8 Å². The maximum absolute atomic E-state index is 11.3. The number of halogens is 1. The molecular formula is C14H12BrNO2. The Morgan fingerprint density at radius 2 is 1.67 bits per heavy atom. The van der Waals surface area contributed by atoms with Crippen LogP contribution in [0.4, 0.5) is 5.69 Å². The second-order valence-corrected chi connectivity index (χ2v) is 4.75. The lowest BCUT2D eigenvalue weighted by molar-refractivity contribution is -0.138. The van der Waals surface area contributed by atoms with Crippen molar-refractivity contribution < 1.29 is 9.90 Å². The van der Waals surface area contributed by atoms with Gasteiger partial charge in [0, 0.05) is 10.2 Å². The van der Waals surface area contributed by atoms with E-state index in [0.717, 1.165) is 15.7 Å². The molecule has 0 radical (unpaired) electrons. The van der Waals surface area contributed by atoms with Crippen LogP contribution >= 0.6 is 15.9 Å². The largest absolute Gasteiger partial charge is 0.479 e. The second-order valence-electron chi connectivity index (χ2n) is 3.83. The van der Waals surface area contributed by atoms with Crippen LogP contribution in [0.3, 0.4) is 0 Å². The van der Waals surface area contributed by atoms with Crippen molar-refractivity contribution in [3.8, 4) is 0 Å². The number of hydrogen-bond acceptors (Lipinski definition) is 2. The van der Waals surface area contributed by atoms with Gasteiger partial charge in [0.25, 0.3) is 0 Å². The van der Waals surface area contributed by atoms with Gasteiger partial charge in [0.1, 0.15) is 0 Å². The van der Waals surface area contributed by atoms with Crippen molar-refractivity contribution in [2.45, 2.75) is 6.04 Å². The van der Waals surface area contributed by atoms with Gasteiger partial charge in [-0.2, -0.15) is 0 Å². The quantitative estimate of drug-likeness (QED) is 0.906. The van der Waals surface area contributed by atoms with Gasteiger partial charge in [-0.15, -0.1) is 0 Å². The van der Waals surface area contributed by atoms with Crippen LogP contribution in [0.25, 0.3) is 0 Å². The van der Waals surface area contributed by atoms with Crippen molar-refractivity contribution in [2.75, 3.05) is 5.32 Å². The van der Waals surface area contributed by atoms with E-state index < -0.39 is 12.0 Å². The Bertz CT molecular complexity index is 525. The first-order valence-corrected chi connectivity index (χ1v) is 6.26. The molecule has 0 spiro atoms. The topological polar surface area (TPSA) is 49.3 Å². The van der Waals surface area contributed by atoms with Crippen LogP contribution in [0.2, 0.25) is 0 Å². The van der Waals surface area contributed by atoms with Gasteiger partial charge in [-0.1, -0.05) is 46.3 Å². The van der Waals surface area contributed by atoms with Crippen LogP contribution in [0, 0.1) is 0 Å². The Labute approximate surface area is 114 Å². The van der Waals surface area contributed by atoms with E-state index in [1.807, 2.05) is 42.5 Å². The number of hydrogen-bond donors (Lipinski definition) is 2. The number of nitrogens with one attached hydrogen (secondary N) is 1. The molecule has 1 unspecified atom stereocenters. The van der Waals surface area contributed by atoms with Gasteiger partial charge in [0.2, 0.25) is 0 Å². The summed E-state index contributed by atoms with van der Waals surface area (Å²) in [6, 6.07) is 15.8.